The van der Waals surface area contributed by atoms with Gasteiger partial charge in [0.2, 0.25) is 15.9 Å². The average Bonchev–Trinajstić information content (AvgIpc) is 2.76. The Balaban J connectivity index is 1.83. The summed E-state index contributed by atoms with van der Waals surface area (Å²) < 4.78 is 27.6. The molecule has 6 nitrogen and oxygen atoms in total. The second-order valence-electron chi connectivity index (χ2n) is 6.79. The van der Waals surface area contributed by atoms with Gasteiger partial charge in [0, 0.05) is 21.2 Å². The molecule has 0 aliphatic rings. The average molecular weight is 512 g/mol. The number of carbonyl (C=O) groups excluding carboxylic acids is 2. The van der Waals surface area contributed by atoms with Crippen molar-refractivity contribution in [1.82, 2.24) is 4.72 Å². The van der Waals surface area contributed by atoms with E-state index in [2.05, 4.69) is 10.0 Å². The molecule has 0 unspecified atom stereocenters. The highest BCUT2D eigenvalue weighted by atomic mass is 35.5. The number of halogens is 3. The molecule has 1 atom stereocenters. The highest BCUT2D eigenvalue weighted by Crippen LogP contribution is 2.26. The summed E-state index contributed by atoms with van der Waals surface area (Å²) >= 11 is 17.9. The number of hydrogen-bond acceptors (Lipinski definition) is 4. The maximum absolute atomic E-state index is 12.9. The lowest BCUT2D eigenvalue weighted by Crippen LogP contribution is -2.41. The van der Waals surface area contributed by atoms with E-state index in [1.807, 2.05) is 0 Å². The smallest absolute Gasteiger partial charge is 0.242 e. The van der Waals surface area contributed by atoms with E-state index < -0.39 is 22.0 Å². The van der Waals surface area contributed by atoms with Gasteiger partial charge in [0.25, 0.3) is 0 Å². The molecule has 3 aromatic rings. The lowest BCUT2D eigenvalue weighted by atomic mass is 10.0. The van der Waals surface area contributed by atoms with Crippen molar-refractivity contribution < 1.29 is 18.0 Å². The van der Waals surface area contributed by atoms with Crippen LogP contribution in [0.2, 0.25) is 15.1 Å². The maximum Gasteiger partial charge on any atom is 0.242 e. The van der Waals surface area contributed by atoms with Gasteiger partial charge in [-0.25, -0.2) is 8.42 Å². The fourth-order valence-corrected chi connectivity index (χ4v) is 4.97. The summed E-state index contributed by atoms with van der Waals surface area (Å²) in [5.74, 6) is -1.03. The molecule has 2 N–H and O–H groups in total. The molecule has 0 saturated heterocycles. The SMILES string of the molecule is C[C@H](NS(=O)(=O)c1cc(Cl)ccc1Cl)C(=O)Nc1ccc(Cl)cc1C(=O)c1ccccc1. The van der Waals surface area contributed by atoms with Crippen LogP contribution in [0.15, 0.2) is 71.6 Å². The first-order valence-electron chi connectivity index (χ1n) is 9.26. The maximum atomic E-state index is 12.9. The minimum atomic E-state index is -4.14. The van der Waals surface area contributed by atoms with E-state index in [9.17, 15) is 18.0 Å². The zero-order chi connectivity index (χ0) is 23.5. The summed E-state index contributed by atoms with van der Waals surface area (Å²) in [6.45, 7) is 1.36. The number of hydrogen-bond donors (Lipinski definition) is 2. The minimum absolute atomic E-state index is 0.0389. The highest BCUT2D eigenvalue weighted by molar-refractivity contribution is 7.89. The Hall–Kier alpha value is -2.42. The van der Waals surface area contributed by atoms with E-state index in [1.165, 1.54) is 43.3 Å². The van der Waals surface area contributed by atoms with Gasteiger partial charge in [-0.3, -0.25) is 9.59 Å². The number of anilines is 1. The van der Waals surface area contributed by atoms with Gasteiger partial charge >= 0.3 is 0 Å². The molecule has 32 heavy (non-hydrogen) atoms. The number of ketones is 1. The standard InChI is InChI=1S/C22H17Cl3N2O4S/c1-13(27-32(30,31)20-12-16(24)7-9-18(20)25)22(29)26-19-10-8-15(23)11-17(19)21(28)14-5-3-2-4-6-14/h2-13,27H,1H3,(H,26,29)/t13-/m0/s1. The summed E-state index contributed by atoms with van der Waals surface area (Å²) in [6, 6.07) is 15.7. The van der Waals surface area contributed by atoms with Gasteiger partial charge in [-0.05, 0) is 43.3 Å². The molecule has 0 fully saturated rings. The van der Waals surface area contributed by atoms with Gasteiger partial charge in [-0.1, -0.05) is 65.1 Å². The first-order chi connectivity index (χ1) is 15.1. The van der Waals surface area contributed by atoms with Crippen molar-refractivity contribution in [2.24, 2.45) is 0 Å². The van der Waals surface area contributed by atoms with Gasteiger partial charge < -0.3 is 5.32 Å². The van der Waals surface area contributed by atoms with Crippen LogP contribution in [0.25, 0.3) is 0 Å². The van der Waals surface area contributed by atoms with Crippen molar-refractivity contribution in [3.05, 3.63) is 92.9 Å². The Morgan fingerprint density at radius 3 is 2.19 bits per heavy atom. The van der Waals surface area contributed by atoms with Gasteiger partial charge in [0.15, 0.2) is 5.78 Å². The molecule has 0 spiro atoms. The molecule has 0 aromatic heterocycles. The van der Waals surface area contributed by atoms with Crippen LogP contribution in [0.3, 0.4) is 0 Å². The predicted octanol–water partition coefficient (Wildman–Crippen LogP) is 5.18. The molecular formula is C22H17Cl3N2O4S. The summed E-state index contributed by atoms with van der Waals surface area (Å²) in [5, 5.41) is 3.03. The van der Waals surface area contributed by atoms with E-state index in [0.29, 0.717) is 10.6 Å². The van der Waals surface area contributed by atoms with Crippen LogP contribution < -0.4 is 10.0 Å². The van der Waals surface area contributed by atoms with Gasteiger partial charge in [0.05, 0.1) is 16.8 Å². The molecule has 166 valence electrons. The molecule has 0 aliphatic heterocycles. The number of sulfonamides is 1. The van der Waals surface area contributed by atoms with Crippen LogP contribution in [0, 0.1) is 0 Å². The lowest BCUT2D eigenvalue weighted by molar-refractivity contribution is -0.117. The van der Waals surface area contributed by atoms with E-state index >= 15 is 0 Å². The lowest BCUT2D eigenvalue weighted by Gasteiger charge is -2.17. The van der Waals surface area contributed by atoms with Crippen LogP contribution in [0.4, 0.5) is 5.69 Å². The monoisotopic (exact) mass is 510 g/mol. The van der Waals surface area contributed by atoms with Crippen LogP contribution in [-0.2, 0) is 14.8 Å². The molecule has 3 aromatic carbocycles. The second-order valence-corrected chi connectivity index (χ2v) is 9.75. The van der Waals surface area contributed by atoms with Gasteiger partial charge in [0.1, 0.15) is 4.90 Å². The summed E-state index contributed by atoms with van der Waals surface area (Å²) in [7, 11) is -4.14. The second kappa shape index (κ2) is 10.0. The Bertz CT molecular complexity index is 1280. The number of nitrogens with one attached hydrogen (secondary N) is 2. The van der Waals surface area contributed by atoms with Crippen molar-refractivity contribution >= 4 is 62.2 Å². The Labute approximate surface area is 200 Å². The first-order valence-corrected chi connectivity index (χ1v) is 11.9. The fourth-order valence-electron chi connectivity index (χ4n) is 2.83. The molecule has 0 bridgehead atoms. The molecule has 0 heterocycles. The van der Waals surface area contributed by atoms with Crippen molar-refractivity contribution in [1.29, 1.82) is 0 Å². The summed E-state index contributed by atoms with van der Waals surface area (Å²) in [4.78, 5) is 25.4. The Morgan fingerprint density at radius 2 is 1.50 bits per heavy atom. The van der Waals surface area contributed by atoms with Crippen LogP contribution in [0.1, 0.15) is 22.8 Å². The Morgan fingerprint density at radius 1 is 0.875 bits per heavy atom. The van der Waals surface area contributed by atoms with Crippen molar-refractivity contribution in [3.8, 4) is 0 Å². The largest absolute Gasteiger partial charge is 0.324 e. The van der Waals surface area contributed by atoms with Crippen molar-refractivity contribution in [2.75, 3.05) is 5.32 Å². The van der Waals surface area contributed by atoms with E-state index in [1.54, 1.807) is 30.3 Å². The van der Waals surface area contributed by atoms with Crippen LogP contribution >= 0.6 is 34.8 Å². The van der Waals surface area contributed by atoms with Crippen molar-refractivity contribution in [2.45, 2.75) is 17.9 Å². The number of amides is 1. The fraction of sp³-hybridized carbons (Fsp3) is 0.0909. The number of rotatable bonds is 7. The summed E-state index contributed by atoms with van der Waals surface area (Å²) in [5.41, 5.74) is 0.777. The van der Waals surface area contributed by atoms with E-state index in [-0.39, 0.29) is 32.0 Å². The van der Waals surface area contributed by atoms with Gasteiger partial charge in [-0.15, -0.1) is 0 Å². The predicted molar refractivity (Wildman–Crippen MR) is 126 cm³/mol. The minimum Gasteiger partial charge on any atom is -0.324 e. The van der Waals surface area contributed by atoms with Crippen LogP contribution in [0.5, 0.6) is 0 Å². The molecule has 3 rings (SSSR count). The van der Waals surface area contributed by atoms with E-state index in [0.717, 1.165) is 0 Å². The molecule has 0 saturated carbocycles. The molecule has 0 radical (unpaired) electrons. The van der Waals surface area contributed by atoms with Gasteiger partial charge in [-0.2, -0.15) is 4.72 Å². The zero-order valence-corrected chi connectivity index (χ0v) is 19.7. The molecule has 0 aliphatic carbocycles. The van der Waals surface area contributed by atoms with Crippen molar-refractivity contribution in [3.63, 3.8) is 0 Å². The third-order valence-corrected chi connectivity index (χ3v) is 6.92. The zero-order valence-electron chi connectivity index (χ0n) is 16.6. The molecule has 1 amide bonds. The molecule has 10 heteroatoms. The third-order valence-electron chi connectivity index (χ3n) is 4.43. The number of carbonyl (C=O) groups is 2. The highest BCUT2D eigenvalue weighted by Gasteiger charge is 2.25. The topological polar surface area (TPSA) is 92.3 Å². The van der Waals surface area contributed by atoms with E-state index in [4.69, 9.17) is 34.8 Å². The quantitative estimate of drug-likeness (QED) is 0.427. The third kappa shape index (κ3) is 5.68. The normalized spacial score (nSPS) is 12.2. The first kappa shape index (κ1) is 24.2. The summed E-state index contributed by atoms with van der Waals surface area (Å²) in [6.07, 6.45) is 0. The number of benzene rings is 3. The Kier molecular flexibility index (Phi) is 7.59. The molecular weight excluding hydrogens is 495 g/mol. The van der Waals surface area contributed by atoms with Crippen LogP contribution in [-0.4, -0.2) is 26.2 Å².